The summed E-state index contributed by atoms with van der Waals surface area (Å²) in [5.41, 5.74) is 1.33. The molecular weight excluding hydrogens is 406 g/mol. The van der Waals surface area contributed by atoms with Gasteiger partial charge >= 0.3 is 5.97 Å². The molecule has 9 heteroatoms. The van der Waals surface area contributed by atoms with Crippen LogP contribution in [0.1, 0.15) is 11.3 Å². The van der Waals surface area contributed by atoms with Gasteiger partial charge in [-0.15, -0.1) is 0 Å². The van der Waals surface area contributed by atoms with Crippen molar-refractivity contribution in [2.75, 3.05) is 32.8 Å². The number of nitrogens with zero attached hydrogens (tertiary/aromatic N) is 3. The Hall–Kier alpha value is -3.04. The van der Waals surface area contributed by atoms with Crippen molar-refractivity contribution in [3.63, 3.8) is 0 Å². The summed E-state index contributed by atoms with van der Waals surface area (Å²) in [6, 6.07) is 14.3. The summed E-state index contributed by atoms with van der Waals surface area (Å²) < 4.78 is 31.5. The summed E-state index contributed by atoms with van der Waals surface area (Å²) in [6.07, 6.45) is 4.32. The van der Waals surface area contributed by atoms with Gasteiger partial charge in [0.2, 0.25) is 10.0 Å². The first-order valence-electron chi connectivity index (χ1n) is 9.49. The van der Waals surface area contributed by atoms with E-state index in [-0.39, 0.29) is 44.4 Å². The molecule has 1 aromatic carbocycles. The molecule has 0 radical (unpaired) electrons. The van der Waals surface area contributed by atoms with Crippen molar-refractivity contribution < 1.29 is 22.7 Å². The van der Waals surface area contributed by atoms with Gasteiger partial charge in [0.05, 0.1) is 11.4 Å². The Kier molecular flexibility index (Phi) is 7.31. The number of rotatable bonds is 7. The van der Waals surface area contributed by atoms with Crippen LogP contribution in [0.4, 0.5) is 0 Å². The number of pyridine rings is 1. The molecule has 0 bridgehead atoms. The smallest absolute Gasteiger partial charge is 0.331 e. The Bertz CT molecular complexity index is 986. The zero-order valence-electron chi connectivity index (χ0n) is 16.4. The highest BCUT2D eigenvalue weighted by Gasteiger charge is 2.29. The number of carbonyl (C=O) groups is 2. The minimum atomic E-state index is -3.45. The zero-order valence-corrected chi connectivity index (χ0v) is 17.2. The number of sulfonamides is 1. The maximum absolute atomic E-state index is 12.6. The fourth-order valence-corrected chi connectivity index (χ4v) is 4.51. The van der Waals surface area contributed by atoms with Crippen molar-refractivity contribution in [1.29, 1.82) is 0 Å². The number of hydrogen-bond acceptors (Lipinski definition) is 6. The third-order valence-electron chi connectivity index (χ3n) is 4.59. The van der Waals surface area contributed by atoms with Gasteiger partial charge in [0.25, 0.3) is 5.91 Å². The molecule has 0 aliphatic carbocycles. The van der Waals surface area contributed by atoms with E-state index in [9.17, 15) is 18.0 Å². The van der Waals surface area contributed by atoms with Crippen LogP contribution in [-0.4, -0.2) is 67.3 Å². The van der Waals surface area contributed by atoms with Crippen LogP contribution >= 0.6 is 0 Å². The second-order valence-corrected chi connectivity index (χ2v) is 8.69. The Morgan fingerprint density at radius 1 is 1.00 bits per heavy atom. The lowest BCUT2D eigenvalue weighted by molar-refractivity contribution is -0.148. The van der Waals surface area contributed by atoms with E-state index in [0.29, 0.717) is 5.69 Å². The molecule has 0 spiro atoms. The Balaban J connectivity index is 1.43. The number of aromatic nitrogens is 1. The first-order valence-corrected chi connectivity index (χ1v) is 11.1. The molecule has 158 valence electrons. The summed E-state index contributed by atoms with van der Waals surface area (Å²) >= 11 is 0. The Labute approximate surface area is 175 Å². The van der Waals surface area contributed by atoms with Gasteiger partial charge in [0, 0.05) is 38.5 Å². The maximum atomic E-state index is 12.6. The molecule has 2 heterocycles. The fraction of sp³-hybridized carbons (Fsp3) is 0.286. The number of esters is 1. The summed E-state index contributed by atoms with van der Waals surface area (Å²) in [6.45, 7) is 0.563. The Morgan fingerprint density at radius 2 is 1.70 bits per heavy atom. The van der Waals surface area contributed by atoms with Crippen molar-refractivity contribution in [2.45, 2.75) is 5.75 Å². The van der Waals surface area contributed by atoms with Gasteiger partial charge in [0.1, 0.15) is 0 Å². The average Bonchev–Trinajstić information content (AvgIpc) is 2.77. The quantitative estimate of drug-likeness (QED) is 0.486. The standard InChI is InChI=1S/C21H23N3O5S/c25-20(16-29-21(26)10-9-19-8-4-5-11-22-19)23-12-14-24(15-13-23)30(27,28)17-18-6-2-1-3-7-18/h1-11H,12-17H2/b10-9+. The molecule has 0 atom stereocenters. The lowest BCUT2D eigenvalue weighted by atomic mass is 10.2. The predicted molar refractivity (Wildman–Crippen MR) is 111 cm³/mol. The third kappa shape index (κ3) is 6.23. The van der Waals surface area contributed by atoms with E-state index >= 15 is 0 Å². The van der Waals surface area contributed by atoms with Gasteiger partial charge in [-0.3, -0.25) is 9.78 Å². The van der Waals surface area contributed by atoms with Crippen molar-refractivity contribution in [2.24, 2.45) is 0 Å². The van der Waals surface area contributed by atoms with Gasteiger partial charge in [-0.1, -0.05) is 36.4 Å². The summed E-state index contributed by atoms with van der Waals surface area (Å²) in [5.74, 6) is -1.06. The molecule has 1 saturated heterocycles. The molecule has 0 unspecified atom stereocenters. The lowest BCUT2D eigenvalue weighted by Gasteiger charge is -2.33. The van der Waals surface area contributed by atoms with E-state index < -0.39 is 16.0 Å². The second-order valence-electron chi connectivity index (χ2n) is 6.72. The van der Waals surface area contributed by atoms with Crippen LogP contribution in [0.3, 0.4) is 0 Å². The number of benzene rings is 1. The third-order valence-corrected chi connectivity index (χ3v) is 6.44. The van der Waals surface area contributed by atoms with Gasteiger partial charge in [-0.2, -0.15) is 4.31 Å². The van der Waals surface area contributed by atoms with E-state index in [4.69, 9.17) is 4.74 Å². The van der Waals surface area contributed by atoms with E-state index in [2.05, 4.69) is 4.98 Å². The highest BCUT2D eigenvalue weighted by Crippen LogP contribution is 2.13. The van der Waals surface area contributed by atoms with E-state index in [1.165, 1.54) is 21.4 Å². The highest BCUT2D eigenvalue weighted by molar-refractivity contribution is 7.88. The number of ether oxygens (including phenoxy) is 1. The van der Waals surface area contributed by atoms with Gasteiger partial charge in [-0.25, -0.2) is 13.2 Å². The lowest BCUT2D eigenvalue weighted by Crippen LogP contribution is -2.51. The summed E-state index contributed by atoms with van der Waals surface area (Å²) in [4.78, 5) is 29.6. The fourth-order valence-electron chi connectivity index (χ4n) is 2.99. The van der Waals surface area contributed by atoms with E-state index in [1.54, 1.807) is 48.7 Å². The molecule has 0 saturated carbocycles. The minimum absolute atomic E-state index is 0.0675. The number of hydrogen-bond donors (Lipinski definition) is 0. The zero-order chi connectivity index (χ0) is 21.4. The number of amides is 1. The normalized spacial score (nSPS) is 15.3. The molecule has 0 N–H and O–H groups in total. The first-order chi connectivity index (χ1) is 14.4. The van der Waals surface area contributed by atoms with Crippen LogP contribution < -0.4 is 0 Å². The molecule has 1 aromatic heterocycles. The minimum Gasteiger partial charge on any atom is -0.452 e. The SMILES string of the molecule is O=C(/C=C/c1ccccn1)OCC(=O)N1CCN(S(=O)(=O)Cc2ccccc2)CC1. The highest BCUT2D eigenvalue weighted by atomic mass is 32.2. The molecular formula is C21H23N3O5S. The molecule has 8 nitrogen and oxygen atoms in total. The molecule has 1 fully saturated rings. The molecule has 3 rings (SSSR count). The molecule has 30 heavy (non-hydrogen) atoms. The predicted octanol–water partition coefficient (Wildman–Crippen LogP) is 1.31. The maximum Gasteiger partial charge on any atom is 0.331 e. The van der Waals surface area contributed by atoms with Gasteiger partial charge < -0.3 is 9.64 Å². The largest absolute Gasteiger partial charge is 0.452 e. The van der Waals surface area contributed by atoms with Crippen molar-refractivity contribution >= 4 is 28.0 Å². The van der Waals surface area contributed by atoms with Crippen LogP contribution in [0.5, 0.6) is 0 Å². The molecule has 1 aliphatic rings. The molecule has 1 aliphatic heterocycles. The van der Waals surface area contributed by atoms with Crippen LogP contribution in [0.2, 0.25) is 0 Å². The molecule has 1 amide bonds. The van der Waals surface area contributed by atoms with Crippen LogP contribution in [0.25, 0.3) is 6.08 Å². The number of carbonyl (C=O) groups excluding carboxylic acids is 2. The van der Waals surface area contributed by atoms with Crippen LogP contribution in [0.15, 0.2) is 60.8 Å². The molecule has 2 aromatic rings. The number of piperazine rings is 1. The second kappa shape index (κ2) is 10.1. The van der Waals surface area contributed by atoms with Gasteiger partial charge in [-0.05, 0) is 23.8 Å². The summed E-state index contributed by atoms with van der Waals surface area (Å²) in [5, 5.41) is 0. The monoisotopic (exact) mass is 429 g/mol. The van der Waals surface area contributed by atoms with Crippen molar-refractivity contribution in [3.05, 3.63) is 72.1 Å². The topological polar surface area (TPSA) is 96.9 Å². The first kappa shape index (κ1) is 21.7. The Morgan fingerprint density at radius 3 is 2.37 bits per heavy atom. The van der Waals surface area contributed by atoms with E-state index in [1.807, 2.05) is 6.07 Å². The van der Waals surface area contributed by atoms with Crippen LogP contribution in [0, 0.1) is 0 Å². The van der Waals surface area contributed by atoms with Gasteiger partial charge in [0.15, 0.2) is 6.61 Å². The average molecular weight is 429 g/mol. The van der Waals surface area contributed by atoms with Crippen LogP contribution in [-0.2, 0) is 30.1 Å². The summed E-state index contributed by atoms with van der Waals surface area (Å²) in [7, 11) is -3.45. The van der Waals surface area contributed by atoms with Crippen molar-refractivity contribution in [1.82, 2.24) is 14.2 Å². The van der Waals surface area contributed by atoms with E-state index in [0.717, 1.165) is 5.56 Å². The van der Waals surface area contributed by atoms with Crippen molar-refractivity contribution in [3.8, 4) is 0 Å².